The molecule has 0 radical (unpaired) electrons. The quantitative estimate of drug-likeness (QED) is 0.257. The lowest BCUT2D eigenvalue weighted by molar-refractivity contribution is -0.120. The predicted octanol–water partition coefficient (Wildman–Crippen LogP) is 6.68. The summed E-state index contributed by atoms with van der Waals surface area (Å²) in [5.74, 6) is -1.63. The molecule has 0 bridgehead atoms. The number of rotatable bonds is 7. The molecular formula is C31H24FN3O3S. The molecule has 194 valence electrons. The fourth-order valence-electron chi connectivity index (χ4n) is 4.01. The first-order chi connectivity index (χ1) is 18.8. The molecule has 0 atom stereocenters. The summed E-state index contributed by atoms with van der Waals surface area (Å²) >= 11 is 1.17. The third-order valence-corrected chi connectivity index (χ3v) is 7.36. The van der Waals surface area contributed by atoms with Crippen LogP contribution >= 0.6 is 11.8 Å². The van der Waals surface area contributed by atoms with E-state index in [2.05, 4.69) is 10.6 Å². The first-order valence-corrected chi connectivity index (χ1v) is 13.0. The van der Waals surface area contributed by atoms with Crippen molar-refractivity contribution in [2.75, 3.05) is 15.5 Å². The van der Waals surface area contributed by atoms with Gasteiger partial charge in [-0.1, -0.05) is 36.0 Å². The average Bonchev–Trinajstić information content (AvgIpc) is 3.16. The molecule has 4 aromatic rings. The van der Waals surface area contributed by atoms with E-state index in [0.717, 1.165) is 11.1 Å². The van der Waals surface area contributed by atoms with Crippen LogP contribution in [0.15, 0.2) is 113 Å². The van der Waals surface area contributed by atoms with Crippen LogP contribution in [-0.2, 0) is 9.59 Å². The monoisotopic (exact) mass is 537 g/mol. The lowest BCUT2D eigenvalue weighted by atomic mass is 10.1. The number of para-hydroxylation sites is 1. The van der Waals surface area contributed by atoms with Crippen LogP contribution in [0.3, 0.4) is 0 Å². The zero-order valence-corrected chi connectivity index (χ0v) is 22.0. The molecule has 6 nitrogen and oxygen atoms in total. The number of hydrogen-bond donors (Lipinski definition) is 2. The van der Waals surface area contributed by atoms with Crippen LogP contribution < -0.4 is 15.5 Å². The largest absolute Gasteiger partial charge is 0.350 e. The molecule has 5 rings (SSSR count). The van der Waals surface area contributed by atoms with Crippen molar-refractivity contribution < 1.29 is 18.8 Å². The fraction of sp³-hybridized carbons (Fsp3) is 0.0645. The van der Waals surface area contributed by atoms with Crippen molar-refractivity contribution in [3.05, 3.63) is 130 Å². The summed E-state index contributed by atoms with van der Waals surface area (Å²) in [5, 5.41) is 5.91. The summed E-state index contributed by atoms with van der Waals surface area (Å²) < 4.78 is 13.2. The van der Waals surface area contributed by atoms with Gasteiger partial charge in [0, 0.05) is 21.8 Å². The Morgan fingerprint density at radius 3 is 2.13 bits per heavy atom. The van der Waals surface area contributed by atoms with Gasteiger partial charge in [-0.15, -0.1) is 0 Å². The summed E-state index contributed by atoms with van der Waals surface area (Å²) in [6, 6.07) is 26.9. The number of nitrogens with one attached hydrogen (secondary N) is 2. The molecule has 2 N–H and O–H groups in total. The maximum Gasteiger partial charge on any atom is 0.283 e. The number of aryl methyl sites for hydroxylation is 2. The van der Waals surface area contributed by atoms with Gasteiger partial charge in [-0.2, -0.15) is 0 Å². The first-order valence-electron chi connectivity index (χ1n) is 12.2. The van der Waals surface area contributed by atoms with E-state index in [1.165, 1.54) is 40.9 Å². The number of halogens is 1. The van der Waals surface area contributed by atoms with Gasteiger partial charge in [0.15, 0.2) is 0 Å². The molecule has 1 heterocycles. The third-order valence-electron chi connectivity index (χ3n) is 6.27. The molecule has 3 amide bonds. The second kappa shape index (κ2) is 11.0. The van der Waals surface area contributed by atoms with Crippen molar-refractivity contribution >= 4 is 46.5 Å². The van der Waals surface area contributed by atoms with E-state index in [4.69, 9.17) is 0 Å². The summed E-state index contributed by atoms with van der Waals surface area (Å²) in [4.78, 5) is 41.8. The second-order valence-corrected chi connectivity index (χ2v) is 10.1. The van der Waals surface area contributed by atoms with Crippen molar-refractivity contribution in [3.63, 3.8) is 0 Å². The predicted molar refractivity (Wildman–Crippen MR) is 152 cm³/mol. The lowest BCUT2D eigenvalue weighted by Gasteiger charge is -2.16. The number of anilines is 3. The fourth-order valence-corrected chi connectivity index (χ4v) is 4.94. The maximum absolute atomic E-state index is 13.6. The van der Waals surface area contributed by atoms with Crippen LogP contribution in [0.5, 0.6) is 0 Å². The van der Waals surface area contributed by atoms with Gasteiger partial charge in [0.25, 0.3) is 17.7 Å². The molecule has 4 aromatic carbocycles. The van der Waals surface area contributed by atoms with Gasteiger partial charge in [0.1, 0.15) is 16.4 Å². The molecule has 0 saturated heterocycles. The molecule has 8 heteroatoms. The summed E-state index contributed by atoms with van der Waals surface area (Å²) in [7, 11) is 0. The molecule has 0 saturated carbocycles. The molecule has 1 aliphatic rings. The van der Waals surface area contributed by atoms with Crippen molar-refractivity contribution in [1.82, 2.24) is 0 Å². The Morgan fingerprint density at radius 2 is 1.46 bits per heavy atom. The van der Waals surface area contributed by atoms with Gasteiger partial charge in [0.2, 0.25) is 0 Å². The van der Waals surface area contributed by atoms with Crippen LogP contribution in [0.2, 0.25) is 0 Å². The van der Waals surface area contributed by atoms with Gasteiger partial charge < -0.3 is 10.6 Å². The highest BCUT2D eigenvalue weighted by Gasteiger charge is 2.40. The molecule has 39 heavy (non-hydrogen) atoms. The minimum atomic E-state index is -0.433. The zero-order valence-electron chi connectivity index (χ0n) is 21.2. The molecule has 0 aliphatic carbocycles. The minimum Gasteiger partial charge on any atom is -0.350 e. The Kier molecular flexibility index (Phi) is 7.29. The minimum absolute atomic E-state index is 0.197. The van der Waals surface area contributed by atoms with Crippen LogP contribution in [0.25, 0.3) is 0 Å². The van der Waals surface area contributed by atoms with Gasteiger partial charge in [-0.3, -0.25) is 14.4 Å². The number of thioether (sulfide) groups is 1. The third kappa shape index (κ3) is 5.61. The summed E-state index contributed by atoms with van der Waals surface area (Å²) in [5.41, 5.74) is 4.30. The van der Waals surface area contributed by atoms with Gasteiger partial charge in [-0.05, 0) is 97.8 Å². The van der Waals surface area contributed by atoms with Crippen molar-refractivity contribution in [2.24, 2.45) is 0 Å². The summed E-state index contributed by atoms with van der Waals surface area (Å²) in [6.45, 7) is 3.91. The standard InChI is InChI=1S/C31H24FN3O3S/c1-19-8-15-25(18-20(19)2)35-30(37)27(33-23-6-4-3-5-7-23)28(31(35)38)39-26-16-13-24(14-17-26)34-29(36)21-9-11-22(32)12-10-21/h3-18,33H,1-2H3,(H,34,36). The topological polar surface area (TPSA) is 78.5 Å². The number of amides is 3. The van der Waals surface area contributed by atoms with E-state index in [1.807, 2.05) is 56.3 Å². The van der Waals surface area contributed by atoms with Crippen LogP contribution in [0, 0.1) is 19.7 Å². The van der Waals surface area contributed by atoms with E-state index in [1.54, 1.807) is 30.3 Å². The molecule has 1 aliphatic heterocycles. The van der Waals surface area contributed by atoms with E-state index in [9.17, 15) is 18.8 Å². The number of carbonyl (C=O) groups excluding carboxylic acids is 3. The van der Waals surface area contributed by atoms with Crippen molar-refractivity contribution in [3.8, 4) is 0 Å². The van der Waals surface area contributed by atoms with Gasteiger partial charge >= 0.3 is 0 Å². The number of carbonyl (C=O) groups is 3. The zero-order chi connectivity index (χ0) is 27.5. The first kappa shape index (κ1) is 25.9. The molecular weight excluding hydrogens is 513 g/mol. The highest BCUT2D eigenvalue weighted by molar-refractivity contribution is 8.04. The van der Waals surface area contributed by atoms with Crippen LogP contribution in [0.1, 0.15) is 21.5 Å². The van der Waals surface area contributed by atoms with E-state index >= 15 is 0 Å². The maximum atomic E-state index is 13.6. The Bertz CT molecular complexity index is 1600. The number of hydrogen-bond acceptors (Lipinski definition) is 5. The Balaban J connectivity index is 1.40. The van der Waals surface area contributed by atoms with Crippen LogP contribution in [-0.4, -0.2) is 17.7 Å². The Morgan fingerprint density at radius 1 is 0.769 bits per heavy atom. The normalized spacial score (nSPS) is 13.2. The smallest absolute Gasteiger partial charge is 0.283 e. The lowest BCUT2D eigenvalue weighted by Crippen LogP contribution is -2.32. The average molecular weight is 538 g/mol. The highest BCUT2D eigenvalue weighted by Crippen LogP contribution is 2.38. The molecule has 0 fully saturated rings. The van der Waals surface area contributed by atoms with Crippen molar-refractivity contribution in [2.45, 2.75) is 18.7 Å². The molecule has 0 spiro atoms. The van der Waals surface area contributed by atoms with E-state index in [0.29, 0.717) is 27.5 Å². The summed E-state index contributed by atoms with van der Waals surface area (Å²) in [6.07, 6.45) is 0. The number of imide groups is 1. The van der Waals surface area contributed by atoms with Gasteiger partial charge in [-0.25, -0.2) is 9.29 Å². The van der Waals surface area contributed by atoms with Crippen molar-refractivity contribution in [1.29, 1.82) is 0 Å². The second-order valence-electron chi connectivity index (χ2n) is 9.00. The number of benzene rings is 4. The Hall–Kier alpha value is -4.69. The number of nitrogens with zero attached hydrogens (tertiary/aromatic N) is 1. The Labute approximate surface area is 229 Å². The van der Waals surface area contributed by atoms with E-state index < -0.39 is 17.6 Å². The highest BCUT2D eigenvalue weighted by atomic mass is 32.2. The molecule has 0 aromatic heterocycles. The molecule has 0 unspecified atom stereocenters. The van der Waals surface area contributed by atoms with Crippen LogP contribution in [0.4, 0.5) is 21.5 Å². The van der Waals surface area contributed by atoms with E-state index in [-0.39, 0.29) is 16.5 Å². The SMILES string of the molecule is Cc1ccc(N2C(=O)C(Nc3ccccc3)=C(Sc3ccc(NC(=O)c4ccc(F)cc4)cc3)C2=O)cc1C. The van der Waals surface area contributed by atoms with Gasteiger partial charge in [0.05, 0.1) is 5.69 Å².